The summed E-state index contributed by atoms with van der Waals surface area (Å²) in [6.45, 7) is 0.742. The van der Waals surface area contributed by atoms with Crippen molar-refractivity contribution in [3.8, 4) is 11.5 Å². The van der Waals surface area contributed by atoms with Crippen molar-refractivity contribution in [3.63, 3.8) is 0 Å². The largest absolute Gasteiger partial charge is 0.573 e. The lowest BCUT2D eigenvalue weighted by Gasteiger charge is -2.34. The third kappa shape index (κ3) is 7.71. The van der Waals surface area contributed by atoms with Crippen LogP contribution in [-0.4, -0.2) is 62.7 Å². The number of nitrogens with zero attached hydrogens (tertiary/aromatic N) is 2. The summed E-state index contributed by atoms with van der Waals surface area (Å²) in [5.74, 6) is -1.13. The Kier molecular flexibility index (Phi) is 8.84. The molecule has 1 saturated heterocycles. The number of alkyl halides is 3. The van der Waals surface area contributed by atoms with E-state index < -0.39 is 28.0 Å². The predicted octanol–water partition coefficient (Wildman–Crippen LogP) is 4.46. The Balaban J connectivity index is 1.41. The highest BCUT2D eigenvalue weighted by Gasteiger charge is 2.32. The molecule has 1 aliphatic rings. The first-order valence-electron chi connectivity index (χ1n) is 10.7. The number of ether oxygens (including phenoxy) is 2. The molecule has 0 bridgehead atoms. The van der Waals surface area contributed by atoms with Gasteiger partial charge in [-0.2, -0.15) is 4.31 Å². The van der Waals surface area contributed by atoms with E-state index in [9.17, 15) is 30.8 Å². The first-order chi connectivity index (χ1) is 16.5. The zero-order valence-electron chi connectivity index (χ0n) is 18.4. The number of hydrogen-bond donors (Lipinski definition) is 0. The van der Waals surface area contributed by atoms with Gasteiger partial charge in [-0.05, 0) is 55.3 Å². The van der Waals surface area contributed by atoms with E-state index in [2.05, 4.69) is 4.74 Å². The lowest BCUT2D eigenvalue weighted by Crippen LogP contribution is -2.50. The Morgan fingerprint density at radius 2 is 1.66 bits per heavy atom. The van der Waals surface area contributed by atoms with Crippen LogP contribution >= 0.6 is 11.6 Å². The maximum Gasteiger partial charge on any atom is 0.573 e. The minimum absolute atomic E-state index is 0.0633. The molecule has 0 spiro atoms. The van der Waals surface area contributed by atoms with E-state index >= 15 is 0 Å². The maximum atomic E-state index is 13.7. The summed E-state index contributed by atoms with van der Waals surface area (Å²) in [7, 11) is -3.93. The molecule has 0 aromatic heterocycles. The van der Waals surface area contributed by atoms with Crippen molar-refractivity contribution in [3.05, 3.63) is 53.3 Å². The second kappa shape index (κ2) is 11.4. The van der Waals surface area contributed by atoms with E-state index in [1.807, 2.05) is 0 Å². The molecule has 1 amide bonds. The number of carbonyl (C=O) groups excluding carboxylic acids is 1. The molecule has 1 aliphatic heterocycles. The molecule has 0 radical (unpaired) electrons. The molecular formula is C22H23ClF4N2O5S. The van der Waals surface area contributed by atoms with E-state index in [-0.39, 0.29) is 60.8 Å². The van der Waals surface area contributed by atoms with Crippen molar-refractivity contribution in [1.29, 1.82) is 0 Å². The fraction of sp³-hybridized carbons (Fsp3) is 0.409. The molecule has 13 heteroatoms. The Labute approximate surface area is 205 Å². The predicted molar refractivity (Wildman–Crippen MR) is 119 cm³/mol. The summed E-state index contributed by atoms with van der Waals surface area (Å²) >= 11 is 5.69. The molecule has 0 N–H and O–H groups in total. The number of benzene rings is 2. The van der Waals surface area contributed by atoms with Gasteiger partial charge in [-0.1, -0.05) is 11.6 Å². The standard InChI is InChI=1S/C22H23ClF4N2O5S/c23-16-4-9-20(19(24)15-16)33-14-2-1-3-21(30)28-10-12-29(13-11-28)35(31,32)18-7-5-17(6-8-18)34-22(25,26)27/h4-9,15H,1-3,10-14H2. The van der Waals surface area contributed by atoms with Gasteiger partial charge >= 0.3 is 6.36 Å². The zero-order chi connectivity index (χ0) is 25.6. The summed E-state index contributed by atoms with van der Waals surface area (Å²) in [5, 5.41) is 0.266. The summed E-state index contributed by atoms with van der Waals surface area (Å²) in [6, 6.07) is 8.06. The van der Waals surface area contributed by atoms with Gasteiger partial charge in [0.2, 0.25) is 15.9 Å². The van der Waals surface area contributed by atoms with Gasteiger partial charge in [0.05, 0.1) is 11.5 Å². The Hall–Kier alpha value is -2.57. The minimum atomic E-state index is -4.87. The quantitative estimate of drug-likeness (QED) is 0.348. The highest BCUT2D eigenvalue weighted by molar-refractivity contribution is 7.89. The average Bonchev–Trinajstić information content (AvgIpc) is 2.79. The van der Waals surface area contributed by atoms with Crippen molar-refractivity contribution in [2.24, 2.45) is 0 Å². The van der Waals surface area contributed by atoms with Crippen LogP contribution in [0.4, 0.5) is 17.6 Å². The molecule has 35 heavy (non-hydrogen) atoms. The van der Waals surface area contributed by atoms with Crippen molar-refractivity contribution in [1.82, 2.24) is 9.21 Å². The van der Waals surface area contributed by atoms with Crippen molar-refractivity contribution < 1.29 is 40.2 Å². The smallest absolute Gasteiger partial charge is 0.491 e. The third-order valence-corrected chi connectivity index (χ3v) is 7.37. The molecule has 1 heterocycles. The zero-order valence-corrected chi connectivity index (χ0v) is 20.0. The van der Waals surface area contributed by atoms with Crippen LogP contribution in [0.5, 0.6) is 11.5 Å². The minimum Gasteiger partial charge on any atom is -0.491 e. The molecule has 0 aliphatic carbocycles. The molecular weight excluding hydrogens is 516 g/mol. The van der Waals surface area contributed by atoms with Crippen LogP contribution in [0.2, 0.25) is 5.02 Å². The van der Waals surface area contributed by atoms with Crippen LogP contribution in [0.3, 0.4) is 0 Å². The Morgan fingerprint density at radius 3 is 2.26 bits per heavy atom. The number of carbonyl (C=O) groups is 1. The molecule has 2 aromatic carbocycles. The number of unbranched alkanes of at least 4 members (excludes halogenated alkanes) is 1. The number of piperazine rings is 1. The highest BCUT2D eigenvalue weighted by atomic mass is 35.5. The summed E-state index contributed by atoms with van der Waals surface area (Å²) in [5.41, 5.74) is 0. The van der Waals surface area contributed by atoms with Crippen LogP contribution in [0, 0.1) is 5.82 Å². The van der Waals surface area contributed by atoms with Crippen molar-refractivity contribution in [2.75, 3.05) is 32.8 Å². The molecule has 2 aromatic rings. The molecule has 0 atom stereocenters. The molecule has 0 unspecified atom stereocenters. The lowest BCUT2D eigenvalue weighted by molar-refractivity contribution is -0.274. The van der Waals surface area contributed by atoms with E-state index in [4.69, 9.17) is 16.3 Å². The maximum absolute atomic E-state index is 13.7. The van der Waals surface area contributed by atoms with Crippen LogP contribution in [0.1, 0.15) is 19.3 Å². The second-order valence-electron chi connectivity index (χ2n) is 7.68. The molecule has 1 fully saturated rings. The van der Waals surface area contributed by atoms with E-state index in [0.29, 0.717) is 12.8 Å². The fourth-order valence-electron chi connectivity index (χ4n) is 3.45. The molecule has 3 rings (SSSR count). The SMILES string of the molecule is O=C(CCCCOc1ccc(Cl)cc1F)N1CCN(S(=O)(=O)c2ccc(OC(F)(F)F)cc2)CC1. The van der Waals surface area contributed by atoms with Crippen LogP contribution in [-0.2, 0) is 14.8 Å². The van der Waals surface area contributed by atoms with Crippen molar-refractivity contribution >= 4 is 27.5 Å². The van der Waals surface area contributed by atoms with Gasteiger partial charge in [0.15, 0.2) is 11.6 Å². The van der Waals surface area contributed by atoms with Crippen LogP contribution in [0.25, 0.3) is 0 Å². The van der Waals surface area contributed by atoms with Crippen LogP contribution in [0.15, 0.2) is 47.4 Å². The number of hydrogen-bond acceptors (Lipinski definition) is 5. The normalized spacial score (nSPS) is 15.2. The van der Waals surface area contributed by atoms with E-state index in [0.717, 1.165) is 30.3 Å². The topological polar surface area (TPSA) is 76.2 Å². The highest BCUT2D eigenvalue weighted by Crippen LogP contribution is 2.26. The third-order valence-electron chi connectivity index (χ3n) is 5.22. The van der Waals surface area contributed by atoms with Gasteiger partial charge in [0.1, 0.15) is 5.75 Å². The van der Waals surface area contributed by atoms with E-state index in [1.54, 1.807) is 4.90 Å². The summed E-state index contributed by atoms with van der Waals surface area (Å²) < 4.78 is 86.3. The lowest BCUT2D eigenvalue weighted by atomic mass is 10.2. The van der Waals surface area contributed by atoms with E-state index in [1.165, 1.54) is 16.4 Å². The molecule has 7 nitrogen and oxygen atoms in total. The Morgan fingerprint density at radius 1 is 1.00 bits per heavy atom. The van der Waals surface area contributed by atoms with Gasteiger partial charge in [-0.3, -0.25) is 4.79 Å². The summed E-state index contributed by atoms with van der Waals surface area (Å²) in [4.78, 5) is 13.8. The monoisotopic (exact) mass is 538 g/mol. The summed E-state index contributed by atoms with van der Waals surface area (Å²) in [6.07, 6.45) is -3.60. The van der Waals surface area contributed by atoms with Crippen LogP contribution < -0.4 is 9.47 Å². The van der Waals surface area contributed by atoms with Gasteiger partial charge in [-0.25, -0.2) is 12.8 Å². The number of sulfonamides is 1. The average molecular weight is 539 g/mol. The first kappa shape index (κ1) is 27.0. The van der Waals surface area contributed by atoms with Gasteiger partial charge in [0, 0.05) is 37.6 Å². The molecule has 0 saturated carbocycles. The fourth-order valence-corrected chi connectivity index (χ4v) is 5.03. The van der Waals surface area contributed by atoms with Gasteiger partial charge < -0.3 is 14.4 Å². The number of rotatable bonds is 9. The second-order valence-corrected chi connectivity index (χ2v) is 10.1. The first-order valence-corrected chi connectivity index (χ1v) is 12.5. The van der Waals surface area contributed by atoms with Gasteiger partial charge in [0.25, 0.3) is 0 Å². The van der Waals surface area contributed by atoms with Gasteiger partial charge in [-0.15, -0.1) is 13.2 Å². The van der Waals surface area contributed by atoms with Crippen molar-refractivity contribution in [2.45, 2.75) is 30.5 Å². The Bertz CT molecular complexity index is 1120. The number of amides is 1. The molecule has 192 valence electrons. The number of halogens is 5.